The summed E-state index contributed by atoms with van der Waals surface area (Å²) in [4.78, 5) is 0. The summed E-state index contributed by atoms with van der Waals surface area (Å²) < 4.78 is 1.59. The molecule has 0 fully saturated rings. The van der Waals surface area contributed by atoms with Gasteiger partial charge in [0.05, 0.1) is 41.3 Å². The molecule has 42 heavy (non-hydrogen) atoms. The molecule has 0 aliphatic rings. The lowest BCUT2D eigenvalue weighted by atomic mass is 10.0. The molecule has 2 N–H and O–H groups in total. The Balaban J connectivity index is -0.00000760. The highest BCUT2D eigenvalue weighted by Crippen LogP contribution is 2.16. The number of likely N-dealkylation sites (N-methyl/N-ethyl adjacent to an activating group) is 2. The highest BCUT2D eigenvalue weighted by molar-refractivity contribution is 4.67. The molecule has 6 heteroatoms. The average Bonchev–Trinajstić information content (AvgIpc) is 2.89. The highest BCUT2D eigenvalue weighted by atomic mass is 79.9. The zero-order chi connectivity index (χ0) is 30.0. The van der Waals surface area contributed by atoms with Gasteiger partial charge < -0.3 is 53.1 Å². The molecule has 0 radical (unpaired) electrons. The Labute approximate surface area is 286 Å². The SMILES string of the molecule is CCCCCCCCCCCCCC[N+](C)(C)CC(O)C(O)C[N+](C)(C)CCCCCCCCCCCCCC.[Br-].[Br-]. The Kier molecular flexibility index (Phi) is 35.7. The highest BCUT2D eigenvalue weighted by Gasteiger charge is 2.30. The van der Waals surface area contributed by atoms with Crippen LogP contribution in [0.5, 0.6) is 0 Å². The van der Waals surface area contributed by atoms with E-state index in [-0.39, 0.29) is 34.0 Å². The van der Waals surface area contributed by atoms with Crippen LogP contribution in [0.4, 0.5) is 0 Å². The Morgan fingerprint density at radius 3 is 0.762 bits per heavy atom. The molecule has 258 valence electrons. The number of quaternary nitrogens is 2. The van der Waals surface area contributed by atoms with Crippen molar-refractivity contribution < 1.29 is 53.1 Å². The number of nitrogens with zero attached hydrogens (tertiary/aromatic N) is 2. The maximum absolute atomic E-state index is 10.8. The third kappa shape index (κ3) is 32.2. The van der Waals surface area contributed by atoms with E-state index >= 15 is 0 Å². The molecule has 0 saturated heterocycles. The summed E-state index contributed by atoms with van der Waals surface area (Å²) in [6.07, 6.45) is 31.6. The molecule has 2 atom stereocenters. The topological polar surface area (TPSA) is 40.5 Å². The maximum atomic E-state index is 10.8. The number of unbranched alkanes of at least 4 members (excludes halogenated alkanes) is 22. The van der Waals surface area contributed by atoms with Crippen LogP contribution >= 0.6 is 0 Å². The molecule has 0 heterocycles. The van der Waals surface area contributed by atoms with E-state index < -0.39 is 12.2 Å². The van der Waals surface area contributed by atoms with Crippen molar-refractivity contribution in [3.05, 3.63) is 0 Å². The van der Waals surface area contributed by atoms with Gasteiger partial charge in [-0.05, 0) is 25.7 Å². The average molecular weight is 731 g/mol. The molecule has 0 spiro atoms. The fourth-order valence-electron chi connectivity index (χ4n) is 6.20. The van der Waals surface area contributed by atoms with Gasteiger partial charge in [0.2, 0.25) is 0 Å². The molecule has 0 aromatic heterocycles. The van der Waals surface area contributed by atoms with Crippen molar-refractivity contribution in [3.8, 4) is 0 Å². The molecule has 0 saturated carbocycles. The molecular formula is C36H78Br2N2O2. The molecule has 0 aliphatic carbocycles. The van der Waals surface area contributed by atoms with Crippen LogP contribution in [0.1, 0.15) is 168 Å². The first kappa shape index (κ1) is 47.2. The van der Waals surface area contributed by atoms with Crippen LogP contribution < -0.4 is 34.0 Å². The van der Waals surface area contributed by atoms with Gasteiger partial charge in [-0.15, -0.1) is 0 Å². The van der Waals surface area contributed by atoms with Crippen LogP contribution in [0.15, 0.2) is 0 Å². The first-order valence-corrected chi connectivity index (χ1v) is 18.1. The van der Waals surface area contributed by atoms with Crippen molar-refractivity contribution in [2.45, 2.75) is 180 Å². The zero-order valence-corrected chi connectivity index (χ0v) is 32.7. The fourth-order valence-corrected chi connectivity index (χ4v) is 6.20. The molecule has 0 rings (SSSR count). The van der Waals surface area contributed by atoms with Gasteiger partial charge in [-0.2, -0.15) is 0 Å². The van der Waals surface area contributed by atoms with Gasteiger partial charge in [0.25, 0.3) is 0 Å². The summed E-state index contributed by atoms with van der Waals surface area (Å²) in [6, 6.07) is 0. The third-order valence-electron chi connectivity index (χ3n) is 9.04. The van der Waals surface area contributed by atoms with E-state index in [0.717, 1.165) is 22.1 Å². The largest absolute Gasteiger partial charge is 1.00 e. The van der Waals surface area contributed by atoms with Gasteiger partial charge in [0.15, 0.2) is 0 Å². The predicted octanol–water partition coefficient (Wildman–Crippen LogP) is 3.27. The van der Waals surface area contributed by atoms with Crippen molar-refractivity contribution in [1.82, 2.24) is 0 Å². The predicted molar refractivity (Wildman–Crippen MR) is 178 cm³/mol. The quantitative estimate of drug-likeness (QED) is 0.0851. The van der Waals surface area contributed by atoms with Crippen molar-refractivity contribution in [2.75, 3.05) is 54.4 Å². The first-order valence-electron chi connectivity index (χ1n) is 18.1. The van der Waals surface area contributed by atoms with Crippen LogP contribution in [0.2, 0.25) is 0 Å². The number of halogens is 2. The van der Waals surface area contributed by atoms with E-state index in [1.54, 1.807) is 0 Å². The van der Waals surface area contributed by atoms with Gasteiger partial charge >= 0.3 is 0 Å². The Hall–Kier alpha value is 0.800. The molecular weight excluding hydrogens is 652 g/mol. The van der Waals surface area contributed by atoms with Crippen molar-refractivity contribution in [1.29, 1.82) is 0 Å². The maximum Gasteiger partial charge on any atom is 0.134 e. The number of rotatable bonds is 31. The second-order valence-corrected chi connectivity index (χ2v) is 14.6. The van der Waals surface area contributed by atoms with E-state index in [1.165, 1.54) is 154 Å². The normalized spacial score (nSPS) is 13.4. The molecule has 0 aromatic rings. The zero-order valence-electron chi connectivity index (χ0n) is 29.5. The molecule has 2 unspecified atom stereocenters. The standard InChI is InChI=1S/C36H78N2O2.2BrH/c1-7-9-11-13-15-17-19-21-23-25-27-29-31-37(3,4)33-35(39)36(40)34-38(5,6)32-30-28-26-24-22-20-18-16-14-12-10-8-2;;/h35-36,39-40H,7-34H2,1-6H3;2*1H/q+2;;/p-2. The van der Waals surface area contributed by atoms with Gasteiger partial charge in [-0.3, -0.25) is 0 Å². The minimum absolute atomic E-state index is 0. The lowest BCUT2D eigenvalue weighted by molar-refractivity contribution is -0.902. The van der Waals surface area contributed by atoms with Crippen molar-refractivity contribution in [2.24, 2.45) is 0 Å². The van der Waals surface area contributed by atoms with Crippen LogP contribution in [0.3, 0.4) is 0 Å². The summed E-state index contributed by atoms with van der Waals surface area (Å²) in [5, 5.41) is 21.6. The first-order chi connectivity index (χ1) is 19.1. The minimum Gasteiger partial charge on any atom is -1.00 e. The van der Waals surface area contributed by atoms with Crippen LogP contribution in [-0.4, -0.2) is 85.8 Å². The third-order valence-corrected chi connectivity index (χ3v) is 9.04. The van der Waals surface area contributed by atoms with E-state index in [4.69, 9.17) is 0 Å². The Morgan fingerprint density at radius 2 is 0.548 bits per heavy atom. The summed E-state index contributed by atoms with van der Waals surface area (Å²) >= 11 is 0. The number of hydrogen-bond donors (Lipinski definition) is 2. The van der Waals surface area contributed by atoms with Crippen LogP contribution in [0, 0.1) is 0 Å². The summed E-state index contributed by atoms with van der Waals surface area (Å²) in [5.41, 5.74) is 0. The number of hydrogen-bond acceptors (Lipinski definition) is 2. The summed E-state index contributed by atoms with van der Waals surface area (Å²) in [6.45, 7) is 8.01. The van der Waals surface area contributed by atoms with Gasteiger partial charge in [-0.1, -0.05) is 142 Å². The lowest BCUT2D eigenvalue weighted by Crippen LogP contribution is -3.00. The monoisotopic (exact) mass is 728 g/mol. The molecule has 0 bridgehead atoms. The fraction of sp³-hybridized carbons (Fsp3) is 1.00. The molecule has 0 aromatic carbocycles. The lowest BCUT2D eigenvalue weighted by Gasteiger charge is -2.36. The van der Waals surface area contributed by atoms with Crippen molar-refractivity contribution >= 4 is 0 Å². The Morgan fingerprint density at radius 1 is 0.357 bits per heavy atom. The van der Waals surface area contributed by atoms with Crippen molar-refractivity contribution in [3.63, 3.8) is 0 Å². The summed E-state index contributed by atoms with van der Waals surface area (Å²) in [7, 11) is 8.84. The number of aliphatic hydroxyl groups is 2. The van der Waals surface area contributed by atoms with Gasteiger partial charge in [0, 0.05) is 0 Å². The Bertz CT molecular complexity index is 489. The molecule has 0 aliphatic heterocycles. The molecule has 4 nitrogen and oxygen atoms in total. The minimum atomic E-state index is -0.647. The van der Waals surface area contributed by atoms with E-state index in [2.05, 4.69) is 42.0 Å². The van der Waals surface area contributed by atoms with E-state index in [0.29, 0.717) is 13.1 Å². The van der Waals surface area contributed by atoms with Gasteiger partial charge in [-0.25, -0.2) is 0 Å². The van der Waals surface area contributed by atoms with Crippen LogP contribution in [0.25, 0.3) is 0 Å². The van der Waals surface area contributed by atoms with E-state index in [1.807, 2.05) is 0 Å². The second-order valence-electron chi connectivity index (χ2n) is 14.6. The van der Waals surface area contributed by atoms with Crippen LogP contribution in [-0.2, 0) is 0 Å². The van der Waals surface area contributed by atoms with Gasteiger partial charge in [0.1, 0.15) is 25.3 Å². The number of aliphatic hydroxyl groups excluding tert-OH is 2. The second kappa shape index (κ2) is 31.8. The van der Waals surface area contributed by atoms with E-state index in [9.17, 15) is 10.2 Å². The molecule has 0 amide bonds. The smallest absolute Gasteiger partial charge is 0.134 e. The summed E-state index contributed by atoms with van der Waals surface area (Å²) in [5.74, 6) is 0.